The van der Waals surface area contributed by atoms with Crippen molar-refractivity contribution in [1.82, 2.24) is 4.90 Å². The number of amides is 1. The predicted octanol–water partition coefficient (Wildman–Crippen LogP) is 0.869. The third-order valence-corrected chi connectivity index (χ3v) is 3.27. The van der Waals surface area contributed by atoms with Gasteiger partial charge in [-0.1, -0.05) is 0 Å². The molecule has 0 aromatic heterocycles. The molecule has 0 bridgehead atoms. The summed E-state index contributed by atoms with van der Waals surface area (Å²) in [5.74, 6) is -7.00. The van der Waals surface area contributed by atoms with E-state index in [9.17, 15) is 27.5 Å². The first kappa shape index (κ1) is 11.6. The van der Waals surface area contributed by atoms with Crippen LogP contribution in [0.2, 0.25) is 0 Å². The Morgan fingerprint density at radius 1 is 1.25 bits per heavy atom. The van der Waals surface area contributed by atoms with E-state index in [2.05, 4.69) is 0 Å². The normalized spacial score (nSPS) is 37.2. The standard InChI is InChI=1S/C9H11F4NO2/c10-8(11)1-5(2-8)6-7(16)9(12,13)3-14(6)4-15/h4-7,16H,1-3H2. The smallest absolute Gasteiger partial charge is 0.292 e. The van der Waals surface area contributed by atoms with E-state index in [1.165, 1.54) is 0 Å². The van der Waals surface area contributed by atoms with Crippen LogP contribution < -0.4 is 0 Å². The summed E-state index contributed by atoms with van der Waals surface area (Å²) in [7, 11) is 0. The maximum atomic E-state index is 13.1. The second kappa shape index (κ2) is 3.32. The maximum Gasteiger partial charge on any atom is 0.292 e. The molecule has 1 aliphatic heterocycles. The molecule has 2 atom stereocenters. The number of hydrogen-bond acceptors (Lipinski definition) is 2. The lowest BCUT2D eigenvalue weighted by atomic mass is 9.74. The number of carbonyl (C=O) groups is 1. The average Bonchev–Trinajstić information content (AvgIpc) is 2.34. The largest absolute Gasteiger partial charge is 0.385 e. The van der Waals surface area contributed by atoms with Crippen molar-refractivity contribution in [1.29, 1.82) is 0 Å². The van der Waals surface area contributed by atoms with Gasteiger partial charge in [0.05, 0.1) is 12.6 Å². The van der Waals surface area contributed by atoms with E-state index in [0.29, 0.717) is 0 Å². The topological polar surface area (TPSA) is 40.5 Å². The number of aliphatic hydroxyl groups excluding tert-OH is 1. The Kier molecular flexibility index (Phi) is 2.41. The molecule has 1 N–H and O–H groups in total. The van der Waals surface area contributed by atoms with Crippen LogP contribution in [0.5, 0.6) is 0 Å². The van der Waals surface area contributed by atoms with Gasteiger partial charge in [0.1, 0.15) is 6.10 Å². The molecule has 1 heterocycles. The molecule has 1 aliphatic carbocycles. The van der Waals surface area contributed by atoms with E-state index in [0.717, 1.165) is 4.90 Å². The van der Waals surface area contributed by atoms with Crippen LogP contribution in [-0.4, -0.2) is 47.0 Å². The molecule has 92 valence electrons. The van der Waals surface area contributed by atoms with Crippen LogP contribution in [-0.2, 0) is 4.79 Å². The third kappa shape index (κ3) is 1.66. The van der Waals surface area contributed by atoms with E-state index in [-0.39, 0.29) is 6.41 Å². The summed E-state index contributed by atoms with van der Waals surface area (Å²) in [6, 6.07) is -1.19. The Morgan fingerprint density at radius 3 is 2.25 bits per heavy atom. The number of likely N-dealkylation sites (tertiary alicyclic amines) is 1. The minimum Gasteiger partial charge on any atom is -0.385 e. The predicted molar refractivity (Wildman–Crippen MR) is 45.2 cm³/mol. The molecule has 3 nitrogen and oxygen atoms in total. The molecule has 2 unspecified atom stereocenters. The Bertz CT molecular complexity index is 302. The van der Waals surface area contributed by atoms with Crippen LogP contribution >= 0.6 is 0 Å². The highest BCUT2D eigenvalue weighted by Crippen LogP contribution is 2.49. The zero-order valence-electron chi connectivity index (χ0n) is 8.25. The molecule has 7 heteroatoms. The maximum absolute atomic E-state index is 13.1. The summed E-state index contributed by atoms with van der Waals surface area (Å²) in [5.41, 5.74) is 0. The van der Waals surface area contributed by atoms with Crippen molar-refractivity contribution in [3.05, 3.63) is 0 Å². The van der Waals surface area contributed by atoms with Crippen LogP contribution in [0.15, 0.2) is 0 Å². The summed E-state index contributed by atoms with van der Waals surface area (Å²) in [5, 5.41) is 9.33. The van der Waals surface area contributed by atoms with Crippen LogP contribution in [0.4, 0.5) is 17.6 Å². The molecule has 2 rings (SSSR count). The minimum absolute atomic E-state index is 0.186. The minimum atomic E-state index is -3.41. The molecular formula is C9H11F4NO2. The van der Waals surface area contributed by atoms with Gasteiger partial charge in [-0.2, -0.15) is 0 Å². The van der Waals surface area contributed by atoms with Crippen LogP contribution in [0.3, 0.4) is 0 Å². The fraction of sp³-hybridized carbons (Fsp3) is 0.889. The zero-order chi connectivity index (χ0) is 12.1. The van der Waals surface area contributed by atoms with E-state index >= 15 is 0 Å². The summed E-state index contributed by atoms with van der Waals surface area (Å²) < 4.78 is 51.4. The van der Waals surface area contributed by atoms with Gasteiger partial charge in [-0.25, -0.2) is 17.6 Å². The Hall–Kier alpha value is -0.850. The van der Waals surface area contributed by atoms with Gasteiger partial charge in [0.15, 0.2) is 0 Å². The number of halogens is 4. The highest BCUT2D eigenvalue weighted by molar-refractivity contribution is 5.50. The number of rotatable bonds is 2. The van der Waals surface area contributed by atoms with Crippen LogP contribution in [0.1, 0.15) is 12.8 Å². The number of nitrogens with zero attached hydrogens (tertiary/aromatic N) is 1. The van der Waals surface area contributed by atoms with Gasteiger partial charge < -0.3 is 10.0 Å². The van der Waals surface area contributed by atoms with Crippen LogP contribution in [0.25, 0.3) is 0 Å². The van der Waals surface area contributed by atoms with Gasteiger partial charge in [0, 0.05) is 12.8 Å². The van der Waals surface area contributed by atoms with E-state index in [1.807, 2.05) is 0 Å². The Labute approximate surface area is 89.0 Å². The molecular weight excluding hydrogens is 230 g/mol. The monoisotopic (exact) mass is 241 g/mol. The van der Waals surface area contributed by atoms with Gasteiger partial charge in [0.25, 0.3) is 5.92 Å². The van der Waals surface area contributed by atoms with E-state index in [4.69, 9.17) is 0 Å². The molecule has 1 amide bonds. The highest BCUT2D eigenvalue weighted by Gasteiger charge is 2.60. The highest BCUT2D eigenvalue weighted by atomic mass is 19.3. The van der Waals surface area contributed by atoms with Crippen molar-refractivity contribution in [3.63, 3.8) is 0 Å². The first-order valence-electron chi connectivity index (χ1n) is 4.91. The van der Waals surface area contributed by atoms with Crippen molar-refractivity contribution in [3.8, 4) is 0 Å². The molecule has 1 saturated heterocycles. The number of aliphatic hydroxyl groups is 1. The first-order chi connectivity index (χ1) is 7.27. The number of hydrogen-bond donors (Lipinski definition) is 1. The third-order valence-electron chi connectivity index (χ3n) is 3.27. The lowest BCUT2D eigenvalue weighted by Crippen LogP contribution is -2.51. The molecule has 2 aliphatic rings. The molecule has 2 fully saturated rings. The van der Waals surface area contributed by atoms with Gasteiger partial charge in [0.2, 0.25) is 12.3 Å². The lowest BCUT2D eigenvalue weighted by molar-refractivity contribution is -0.151. The van der Waals surface area contributed by atoms with Crippen molar-refractivity contribution in [2.45, 2.75) is 36.8 Å². The molecule has 0 aromatic rings. The fourth-order valence-electron chi connectivity index (χ4n) is 2.46. The molecule has 0 radical (unpaired) electrons. The van der Waals surface area contributed by atoms with Gasteiger partial charge in [-0.05, 0) is 5.92 Å². The van der Waals surface area contributed by atoms with Gasteiger partial charge in [-0.3, -0.25) is 4.79 Å². The molecule has 0 aromatic carbocycles. The summed E-state index contributed by atoms with van der Waals surface area (Å²) in [6.07, 6.45) is -2.95. The second-order valence-electron chi connectivity index (χ2n) is 4.50. The fourth-order valence-corrected chi connectivity index (χ4v) is 2.46. The number of carbonyl (C=O) groups excluding carboxylic acids is 1. The second-order valence-corrected chi connectivity index (χ2v) is 4.50. The molecule has 16 heavy (non-hydrogen) atoms. The SMILES string of the molecule is O=CN1CC(F)(F)C(O)C1C1CC(F)(F)C1. The van der Waals surface area contributed by atoms with E-state index in [1.54, 1.807) is 0 Å². The first-order valence-corrected chi connectivity index (χ1v) is 4.91. The van der Waals surface area contributed by atoms with Crippen molar-refractivity contribution in [2.75, 3.05) is 6.54 Å². The number of alkyl halides is 4. The molecule has 0 spiro atoms. The van der Waals surface area contributed by atoms with Gasteiger partial charge in [-0.15, -0.1) is 0 Å². The summed E-state index contributed by atoms with van der Waals surface area (Å²) >= 11 is 0. The summed E-state index contributed by atoms with van der Waals surface area (Å²) in [6.45, 7) is -0.898. The van der Waals surface area contributed by atoms with Crippen molar-refractivity contribution >= 4 is 6.41 Å². The molecule has 1 saturated carbocycles. The summed E-state index contributed by atoms with van der Waals surface area (Å²) in [4.78, 5) is 11.3. The lowest BCUT2D eigenvalue weighted by Gasteiger charge is -2.41. The van der Waals surface area contributed by atoms with E-state index < -0.39 is 49.3 Å². The van der Waals surface area contributed by atoms with Gasteiger partial charge >= 0.3 is 0 Å². The Balaban J connectivity index is 2.11. The van der Waals surface area contributed by atoms with Crippen molar-refractivity contribution in [2.24, 2.45) is 5.92 Å². The Morgan fingerprint density at radius 2 is 1.81 bits per heavy atom. The zero-order valence-corrected chi connectivity index (χ0v) is 8.25. The van der Waals surface area contributed by atoms with Crippen LogP contribution in [0, 0.1) is 5.92 Å². The average molecular weight is 241 g/mol. The van der Waals surface area contributed by atoms with Crippen molar-refractivity contribution < 1.29 is 27.5 Å². The quantitative estimate of drug-likeness (QED) is 0.575.